The van der Waals surface area contributed by atoms with Gasteiger partial charge in [0.15, 0.2) is 5.82 Å². The predicted octanol–water partition coefficient (Wildman–Crippen LogP) is 3.91. The van der Waals surface area contributed by atoms with Crippen LogP contribution in [0.4, 0.5) is 10.8 Å². The van der Waals surface area contributed by atoms with Gasteiger partial charge in [-0.05, 0) is 36.8 Å². The van der Waals surface area contributed by atoms with Gasteiger partial charge in [-0.2, -0.15) is 4.52 Å². The van der Waals surface area contributed by atoms with Gasteiger partial charge in [0.25, 0.3) is 0 Å². The molecule has 0 saturated carbocycles. The summed E-state index contributed by atoms with van der Waals surface area (Å²) in [5.74, 6) is 1.41. The fourth-order valence-corrected chi connectivity index (χ4v) is 3.27. The smallest absolute Gasteiger partial charge is 0.236 e. The molecular weight excluding hydrogens is 322 g/mol. The molecule has 0 bridgehead atoms. The molecule has 2 aromatic heterocycles. The van der Waals surface area contributed by atoms with Crippen LogP contribution in [-0.4, -0.2) is 26.9 Å². The number of nitrogens with zero attached hydrogens (tertiary/aromatic N) is 4. The van der Waals surface area contributed by atoms with E-state index in [9.17, 15) is 0 Å². The lowest BCUT2D eigenvalue weighted by molar-refractivity contribution is 0.416. The largest absolute Gasteiger partial charge is 0.496 e. The average molecular weight is 337 g/mol. The number of hydrogen-bond acceptors (Lipinski definition) is 6. The van der Waals surface area contributed by atoms with Crippen LogP contribution in [0.25, 0.3) is 16.3 Å². The normalized spacial score (nSPS) is 10.9. The minimum atomic E-state index is 0.663. The molecule has 2 aromatic carbocycles. The molecule has 2 heterocycles. The Balaban J connectivity index is 1.74. The number of ether oxygens (including phenoxy) is 1. The van der Waals surface area contributed by atoms with Gasteiger partial charge >= 0.3 is 0 Å². The number of nitrogens with one attached hydrogen (secondary N) is 1. The number of fused-ring (bicyclic) bond motifs is 1. The number of methoxy groups -OCH3 is 1. The standard InChI is InChI=1S/C17H15N5OS/c1-11-6-5-7-12(10-11)18-16-21-22-15(19-20-17(22)24-16)13-8-3-4-9-14(13)23-2/h3-10H,1-2H3,(H,18,21). The molecule has 0 unspecified atom stereocenters. The Morgan fingerprint density at radius 1 is 1.08 bits per heavy atom. The Kier molecular flexibility index (Phi) is 3.62. The number of anilines is 2. The van der Waals surface area contributed by atoms with E-state index in [1.165, 1.54) is 16.9 Å². The quantitative estimate of drug-likeness (QED) is 0.611. The van der Waals surface area contributed by atoms with Crippen LogP contribution >= 0.6 is 11.3 Å². The van der Waals surface area contributed by atoms with Gasteiger partial charge in [-0.3, -0.25) is 0 Å². The molecule has 24 heavy (non-hydrogen) atoms. The molecule has 0 spiro atoms. The van der Waals surface area contributed by atoms with Crippen molar-refractivity contribution in [3.8, 4) is 17.1 Å². The third-order valence-electron chi connectivity index (χ3n) is 3.61. The summed E-state index contributed by atoms with van der Waals surface area (Å²) < 4.78 is 7.15. The summed E-state index contributed by atoms with van der Waals surface area (Å²) in [7, 11) is 1.64. The van der Waals surface area contributed by atoms with E-state index in [1.54, 1.807) is 11.6 Å². The van der Waals surface area contributed by atoms with E-state index in [2.05, 4.69) is 39.7 Å². The van der Waals surface area contributed by atoms with Crippen molar-refractivity contribution < 1.29 is 4.74 Å². The zero-order chi connectivity index (χ0) is 16.5. The third kappa shape index (κ3) is 2.59. The van der Waals surface area contributed by atoms with E-state index in [1.807, 2.05) is 36.4 Å². The number of hydrogen-bond donors (Lipinski definition) is 1. The summed E-state index contributed by atoms with van der Waals surface area (Å²) in [5, 5.41) is 17.1. The second-order valence-electron chi connectivity index (χ2n) is 5.32. The highest BCUT2D eigenvalue weighted by Gasteiger charge is 2.16. The summed E-state index contributed by atoms with van der Waals surface area (Å²) in [6.07, 6.45) is 0. The predicted molar refractivity (Wildman–Crippen MR) is 95.1 cm³/mol. The first-order chi connectivity index (χ1) is 11.7. The molecule has 0 fully saturated rings. The van der Waals surface area contributed by atoms with Gasteiger partial charge in [0.1, 0.15) is 5.75 Å². The van der Waals surface area contributed by atoms with Gasteiger partial charge in [0.2, 0.25) is 10.1 Å². The van der Waals surface area contributed by atoms with E-state index in [-0.39, 0.29) is 0 Å². The van der Waals surface area contributed by atoms with Crippen LogP contribution in [0, 0.1) is 6.92 Å². The number of aryl methyl sites for hydroxylation is 1. The first kappa shape index (κ1) is 14.6. The van der Waals surface area contributed by atoms with Crippen molar-refractivity contribution in [1.29, 1.82) is 0 Å². The zero-order valence-electron chi connectivity index (χ0n) is 13.2. The summed E-state index contributed by atoms with van der Waals surface area (Å²) >= 11 is 1.45. The van der Waals surface area contributed by atoms with Crippen molar-refractivity contribution >= 4 is 27.1 Å². The zero-order valence-corrected chi connectivity index (χ0v) is 14.0. The average Bonchev–Trinajstić information content (AvgIpc) is 3.15. The highest BCUT2D eigenvalue weighted by atomic mass is 32.1. The number of aromatic nitrogens is 4. The molecule has 0 radical (unpaired) electrons. The first-order valence-corrected chi connectivity index (χ1v) is 8.25. The molecule has 0 saturated heterocycles. The highest BCUT2D eigenvalue weighted by molar-refractivity contribution is 7.20. The van der Waals surface area contributed by atoms with Gasteiger partial charge in [0.05, 0.1) is 12.7 Å². The second-order valence-corrected chi connectivity index (χ2v) is 6.28. The Morgan fingerprint density at radius 3 is 2.79 bits per heavy atom. The monoisotopic (exact) mass is 337 g/mol. The second kappa shape index (κ2) is 5.93. The lowest BCUT2D eigenvalue weighted by Crippen LogP contribution is -1.96. The Labute approximate surface area is 142 Å². The van der Waals surface area contributed by atoms with E-state index in [0.717, 1.165) is 27.1 Å². The van der Waals surface area contributed by atoms with Crippen molar-refractivity contribution in [3.05, 3.63) is 54.1 Å². The fourth-order valence-electron chi connectivity index (χ4n) is 2.51. The molecule has 0 atom stereocenters. The molecule has 0 aliphatic carbocycles. The van der Waals surface area contributed by atoms with Crippen molar-refractivity contribution in [2.24, 2.45) is 0 Å². The number of rotatable bonds is 4. The van der Waals surface area contributed by atoms with Crippen molar-refractivity contribution in [1.82, 2.24) is 19.8 Å². The topological polar surface area (TPSA) is 64.3 Å². The maximum absolute atomic E-state index is 5.41. The summed E-state index contributed by atoms with van der Waals surface area (Å²) in [4.78, 5) is 0.728. The number of benzene rings is 2. The molecule has 0 aliphatic heterocycles. The number of para-hydroxylation sites is 1. The molecule has 6 nitrogen and oxygen atoms in total. The van der Waals surface area contributed by atoms with Crippen molar-refractivity contribution in [2.45, 2.75) is 6.92 Å². The molecule has 120 valence electrons. The van der Waals surface area contributed by atoms with Crippen LogP contribution in [0.2, 0.25) is 0 Å². The van der Waals surface area contributed by atoms with Gasteiger partial charge in [-0.15, -0.1) is 15.3 Å². The third-order valence-corrected chi connectivity index (χ3v) is 4.42. The van der Waals surface area contributed by atoms with E-state index >= 15 is 0 Å². The van der Waals surface area contributed by atoms with Crippen LogP contribution in [-0.2, 0) is 0 Å². The maximum atomic E-state index is 5.41. The lowest BCUT2D eigenvalue weighted by Gasteiger charge is -2.05. The molecule has 1 N–H and O–H groups in total. The Bertz CT molecular complexity index is 1010. The SMILES string of the molecule is COc1ccccc1-c1nnc2sc(Nc3cccc(C)c3)nn12. The molecule has 0 amide bonds. The van der Waals surface area contributed by atoms with Crippen molar-refractivity contribution in [3.63, 3.8) is 0 Å². The van der Waals surface area contributed by atoms with E-state index in [0.29, 0.717) is 5.82 Å². The molecule has 0 aliphatic rings. The van der Waals surface area contributed by atoms with Crippen LogP contribution in [0.5, 0.6) is 5.75 Å². The summed E-state index contributed by atoms with van der Waals surface area (Å²) in [6, 6.07) is 15.9. The fraction of sp³-hybridized carbons (Fsp3) is 0.118. The van der Waals surface area contributed by atoms with Crippen LogP contribution in [0.3, 0.4) is 0 Å². The van der Waals surface area contributed by atoms with Gasteiger partial charge in [0, 0.05) is 5.69 Å². The summed E-state index contributed by atoms with van der Waals surface area (Å²) in [5.41, 5.74) is 3.05. The van der Waals surface area contributed by atoms with Gasteiger partial charge < -0.3 is 10.1 Å². The Morgan fingerprint density at radius 2 is 1.96 bits per heavy atom. The minimum Gasteiger partial charge on any atom is -0.496 e. The highest BCUT2D eigenvalue weighted by Crippen LogP contribution is 2.31. The summed E-state index contributed by atoms with van der Waals surface area (Å²) in [6.45, 7) is 2.06. The maximum Gasteiger partial charge on any atom is 0.236 e. The van der Waals surface area contributed by atoms with Crippen molar-refractivity contribution in [2.75, 3.05) is 12.4 Å². The molecule has 4 rings (SSSR count). The Hall–Kier alpha value is -2.93. The van der Waals surface area contributed by atoms with Crippen LogP contribution < -0.4 is 10.1 Å². The minimum absolute atomic E-state index is 0.663. The lowest BCUT2D eigenvalue weighted by atomic mass is 10.2. The molecule has 4 aromatic rings. The van der Waals surface area contributed by atoms with Crippen LogP contribution in [0.1, 0.15) is 5.56 Å². The molecule has 7 heteroatoms. The van der Waals surface area contributed by atoms with E-state index < -0.39 is 0 Å². The van der Waals surface area contributed by atoms with Crippen LogP contribution in [0.15, 0.2) is 48.5 Å². The van der Waals surface area contributed by atoms with Gasteiger partial charge in [-0.25, -0.2) is 0 Å². The van der Waals surface area contributed by atoms with Gasteiger partial charge in [-0.1, -0.05) is 35.6 Å². The molecular formula is C17H15N5OS. The van der Waals surface area contributed by atoms with E-state index in [4.69, 9.17) is 4.74 Å². The first-order valence-electron chi connectivity index (χ1n) is 7.44.